The van der Waals surface area contributed by atoms with Crippen molar-refractivity contribution >= 4 is 42.8 Å². The highest BCUT2D eigenvalue weighted by atomic mass is 79.9. The van der Waals surface area contributed by atoms with Gasteiger partial charge in [0, 0.05) is 33.6 Å². The lowest BCUT2D eigenvalue weighted by Gasteiger charge is -2.16. The molecule has 0 saturated heterocycles. The van der Waals surface area contributed by atoms with Gasteiger partial charge in [0.05, 0.1) is 17.7 Å². The van der Waals surface area contributed by atoms with E-state index in [1.807, 2.05) is 48.5 Å². The molecule has 3 aromatic carbocycles. The summed E-state index contributed by atoms with van der Waals surface area (Å²) < 4.78 is 34.6. The fraction of sp³-hybridized carbons (Fsp3) is 0.120. The first-order valence-electron chi connectivity index (χ1n) is 11.2. The number of esters is 1. The number of halogens is 1. The first-order chi connectivity index (χ1) is 17.8. The van der Waals surface area contributed by atoms with Gasteiger partial charge in [-0.25, -0.2) is 8.42 Å². The van der Waals surface area contributed by atoms with Crippen molar-refractivity contribution in [1.29, 1.82) is 0 Å². The number of tetrazole rings is 1. The molecule has 12 heteroatoms. The number of fused-ring (bicyclic) bond motifs is 1. The molecule has 10 nitrogen and oxygen atoms in total. The average Bonchev–Trinajstić information content (AvgIpc) is 3.56. The van der Waals surface area contributed by atoms with Crippen molar-refractivity contribution in [2.75, 3.05) is 7.11 Å². The Morgan fingerprint density at radius 1 is 1.08 bits per heavy atom. The van der Waals surface area contributed by atoms with Crippen LogP contribution in [0.3, 0.4) is 0 Å². The number of hydrogen-bond acceptors (Lipinski definition) is 7. The van der Waals surface area contributed by atoms with Crippen molar-refractivity contribution in [3.8, 4) is 17.1 Å². The number of H-pyrrole nitrogens is 1. The second-order valence-electron chi connectivity index (χ2n) is 8.16. The van der Waals surface area contributed by atoms with Gasteiger partial charge in [-0.3, -0.25) is 4.79 Å². The van der Waals surface area contributed by atoms with Crippen LogP contribution >= 0.6 is 15.9 Å². The number of nitrogens with one attached hydrogen (secondary N) is 2. The normalized spacial score (nSPS) is 12.5. The van der Waals surface area contributed by atoms with Crippen LogP contribution < -0.4 is 4.72 Å². The van der Waals surface area contributed by atoms with E-state index in [-0.39, 0.29) is 11.3 Å². The minimum absolute atomic E-state index is 0.00983. The third kappa shape index (κ3) is 5.31. The summed E-state index contributed by atoms with van der Waals surface area (Å²) in [6.07, 6.45) is 1.88. The first kappa shape index (κ1) is 24.8. The lowest BCUT2D eigenvalue weighted by molar-refractivity contribution is -0.142. The summed E-state index contributed by atoms with van der Waals surface area (Å²) in [5.41, 5.74) is 3.01. The van der Waals surface area contributed by atoms with Crippen LogP contribution in [0.15, 0.2) is 88.4 Å². The maximum absolute atomic E-state index is 13.1. The molecule has 0 amide bonds. The lowest BCUT2D eigenvalue weighted by atomic mass is 10.1. The molecule has 0 unspecified atom stereocenters. The van der Waals surface area contributed by atoms with Crippen molar-refractivity contribution in [3.05, 3.63) is 89.0 Å². The van der Waals surface area contributed by atoms with Gasteiger partial charge in [-0.15, -0.1) is 15.0 Å². The van der Waals surface area contributed by atoms with Crippen LogP contribution in [0.2, 0.25) is 0 Å². The molecule has 0 aliphatic heterocycles. The molecule has 37 heavy (non-hydrogen) atoms. The number of aromatic nitrogens is 5. The SMILES string of the molecule is COC(=O)[C@@H](Cc1c[nH]c2ccccc12)NS(=O)(=O)c1ccc(-c2nnn(-c3ccc(Br)cc3)n2)cc1. The Morgan fingerprint density at radius 3 is 2.54 bits per heavy atom. The Balaban J connectivity index is 1.35. The Bertz CT molecular complexity index is 1660. The van der Waals surface area contributed by atoms with Crippen molar-refractivity contribution in [3.63, 3.8) is 0 Å². The van der Waals surface area contributed by atoms with Gasteiger partial charge in [-0.2, -0.15) is 4.72 Å². The first-order valence-corrected chi connectivity index (χ1v) is 13.4. The number of para-hydroxylation sites is 1. The predicted octanol–water partition coefficient (Wildman–Crippen LogP) is 3.64. The van der Waals surface area contributed by atoms with Crippen molar-refractivity contribution in [2.45, 2.75) is 17.4 Å². The second-order valence-corrected chi connectivity index (χ2v) is 10.8. The predicted molar refractivity (Wildman–Crippen MR) is 140 cm³/mol. The van der Waals surface area contributed by atoms with Crippen LogP contribution in [0.4, 0.5) is 0 Å². The molecule has 1 atom stereocenters. The van der Waals surface area contributed by atoms with E-state index in [4.69, 9.17) is 4.74 Å². The molecule has 2 heterocycles. The molecule has 5 aromatic rings. The monoisotopic (exact) mass is 580 g/mol. The van der Waals surface area contributed by atoms with E-state index in [2.05, 4.69) is 41.0 Å². The molecular weight excluding hydrogens is 560 g/mol. The zero-order valence-corrected chi connectivity index (χ0v) is 21.9. The van der Waals surface area contributed by atoms with Crippen LogP contribution in [0.25, 0.3) is 28.0 Å². The second kappa shape index (κ2) is 10.2. The fourth-order valence-corrected chi connectivity index (χ4v) is 5.34. The van der Waals surface area contributed by atoms with E-state index in [0.717, 1.165) is 26.6 Å². The number of carbonyl (C=O) groups is 1. The van der Waals surface area contributed by atoms with Gasteiger partial charge in [0.1, 0.15) is 6.04 Å². The molecule has 0 fully saturated rings. The third-order valence-electron chi connectivity index (χ3n) is 5.78. The van der Waals surface area contributed by atoms with Gasteiger partial charge in [0.2, 0.25) is 15.8 Å². The molecule has 0 spiro atoms. The highest BCUT2D eigenvalue weighted by Gasteiger charge is 2.28. The van der Waals surface area contributed by atoms with Crippen LogP contribution in [0.5, 0.6) is 0 Å². The fourth-order valence-electron chi connectivity index (χ4n) is 3.89. The van der Waals surface area contributed by atoms with E-state index >= 15 is 0 Å². The lowest BCUT2D eigenvalue weighted by Crippen LogP contribution is -2.42. The highest BCUT2D eigenvalue weighted by molar-refractivity contribution is 9.10. The standard InChI is InChI=1S/C25H21BrN6O4S/c1-36-25(33)23(14-17-15-27-22-5-3-2-4-21(17)22)30-37(34,35)20-12-6-16(7-13-20)24-28-31-32(29-24)19-10-8-18(26)9-11-19/h2-13,15,23,27,30H,14H2,1H3/t23-/m1/s1. The molecular formula is C25H21BrN6O4S. The van der Waals surface area contributed by atoms with Gasteiger partial charge in [0.25, 0.3) is 0 Å². The van der Waals surface area contributed by atoms with Crippen LogP contribution in [-0.4, -0.2) is 52.7 Å². The maximum Gasteiger partial charge on any atom is 0.324 e. The molecule has 0 aliphatic carbocycles. The van der Waals surface area contributed by atoms with Gasteiger partial charge in [0.15, 0.2) is 0 Å². The zero-order chi connectivity index (χ0) is 26.0. The van der Waals surface area contributed by atoms with E-state index in [1.54, 1.807) is 18.3 Å². The number of rotatable bonds is 8. The summed E-state index contributed by atoms with van der Waals surface area (Å²) in [5.74, 6) is -0.342. The molecule has 0 saturated carbocycles. The van der Waals surface area contributed by atoms with E-state index in [0.29, 0.717) is 11.4 Å². The Labute approximate surface area is 220 Å². The Hall–Kier alpha value is -3.87. The van der Waals surface area contributed by atoms with Gasteiger partial charge < -0.3 is 9.72 Å². The van der Waals surface area contributed by atoms with Gasteiger partial charge in [-0.1, -0.05) is 34.1 Å². The smallest absolute Gasteiger partial charge is 0.324 e. The Kier molecular flexibility index (Phi) is 6.87. The highest BCUT2D eigenvalue weighted by Crippen LogP contribution is 2.22. The number of methoxy groups -OCH3 is 1. The number of benzene rings is 3. The van der Waals surface area contributed by atoms with Gasteiger partial charge in [-0.05, 0) is 65.4 Å². The summed E-state index contributed by atoms with van der Waals surface area (Å²) in [6, 6.07) is 19.9. The number of sulfonamides is 1. The molecule has 0 aliphatic rings. The number of aromatic amines is 1. The number of ether oxygens (including phenoxy) is 1. The summed E-state index contributed by atoms with van der Waals surface area (Å²) in [4.78, 5) is 17.0. The summed E-state index contributed by atoms with van der Waals surface area (Å²) in [7, 11) is -2.81. The molecule has 2 aromatic heterocycles. The maximum atomic E-state index is 13.1. The Morgan fingerprint density at radius 2 is 1.81 bits per heavy atom. The molecule has 0 radical (unpaired) electrons. The van der Waals surface area contributed by atoms with Crippen LogP contribution in [0, 0.1) is 0 Å². The van der Waals surface area contributed by atoms with E-state index in [9.17, 15) is 13.2 Å². The third-order valence-corrected chi connectivity index (χ3v) is 7.79. The summed E-state index contributed by atoms with van der Waals surface area (Å²) in [6.45, 7) is 0. The minimum atomic E-state index is -4.04. The number of nitrogens with zero attached hydrogens (tertiary/aromatic N) is 4. The van der Waals surface area contributed by atoms with Crippen molar-refractivity contribution < 1.29 is 17.9 Å². The van der Waals surface area contributed by atoms with Gasteiger partial charge >= 0.3 is 5.97 Å². The molecule has 5 rings (SSSR count). The average molecular weight is 581 g/mol. The largest absolute Gasteiger partial charge is 0.468 e. The molecule has 0 bridgehead atoms. The number of hydrogen-bond donors (Lipinski definition) is 2. The molecule has 2 N–H and O–H groups in total. The summed E-state index contributed by atoms with van der Waals surface area (Å²) >= 11 is 3.39. The van der Waals surface area contributed by atoms with Crippen molar-refractivity contribution in [2.24, 2.45) is 0 Å². The summed E-state index contributed by atoms with van der Waals surface area (Å²) in [5, 5.41) is 13.4. The minimum Gasteiger partial charge on any atom is -0.468 e. The van der Waals surface area contributed by atoms with E-state index in [1.165, 1.54) is 24.0 Å². The quantitative estimate of drug-likeness (QED) is 0.268. The zero-order valence-electron chi connectivity index (χ0n) is 19.5. The van der Waals surface area contributed by atoms with Crippen molar-refractivity contribution in [1.82, 2.24) is 29.9 Å². The molecule has 188 valence electrons. The van der Waals surface area contributed by atoms with Crippen LogP contribution in [-0.2, 0) is 26.0 Å². The van der Waals surface area contributed by atoms with Crippen LogP contribution in [0.1, 0.15) is 5.56 Å². The number of carbonyl (C=O) groups excluding carboxylic acids is 1. The topological polar surface area (TPSA) is 132 Å². The van der Waals surface area contributed by atoms with E-state index < -0.39 is 22.0 Å².